The quantitative estimate of drug-likeness (QED) is 0.491. The van der Waals surface area contributed by atoms with Gasteiger partial charge in [-0.1, -0.05) is 18.2 Å². The van der Waals surface area contributed by atoms with Crippen LogP contribution in [-0.2, 0) is 17.9 Å². The van der Waals surface area contributed by atoms with Crippen molar-refractivity contribution in [3.05, 3.63) is 89.1 Å². The summed E-state index contributed by atoms with van der Waals surface area (Å²) in [5.41, 5.74) is 3.68. The van der Waals surface area contributed by atoms with Gasteiger partial charge in [0, 0.05) is 18.3 Å². The number of benzene rings is 2. The first-order valence-electron chi connectivity index (χ1n) is 10.9. The highest BCUT2D eigenvalue weighted by atomic mass is 19.1. The second kappa shape index (κ2) is 10.8. The molecule has 7 heteroatoms. The maximum absolute atomic E-state index is 13.3. The van der Waals surface area contributed by atoms with Gasteiger partial charge < -0.3 is 19.5 Å². The van der Waals surface area contributed by atoms with E-state index in [-0.39, 0.29) is 43.4 Å². The summed E-state index contributed by atoms with van der Waals surface area (Å²) in [6.45, 7) is 8.13. The predicted octanol–water partition coefficient (Wildman–Crippen LogP) is 5.51. The standard InChI is InChI=1S/C26H30FN3O3/c1-18(2)30(26(32)28-23-12-7-19(3)20(4)14-23)17-25(31)29(16-24-6-5-13-33-24)15-21-8-10-22(27)11-9-21/h5-14,18H,15-17H2,1-4H3,(H,28,32). The van der Waals surface area contributed by atoms with Crippen LogP contribution in [0.3, 0.4) is 0 Å². The molecule has 0 aliphatic rings. The lowest BCUT2D eigenvalue weighted by molar-refractivity contribution is -0.133. The molecule has 0 saturated carbocycles. The van der Waals surface area contributed by atoms with Crippen molar-refractivity contribution in [2.45, 2.75) is 46.8 Å². The Balaban J connectivity index is 1.75. The van der Waals surface area contributed by atoms with Crippen LogP contribution in [0.15, 0.2) is 65.3 Å². The molecule has 1 N–H and O–H groups in total. The maximum Gasteiger partial charge on any atom is 0.322 e. The summed E-state index contributed by atoms with van der Waals surface area (Å²) >= 11 is 0. The molecule has 0 atom stereocenters. The lowest BCUT2D eigenvalue weighted by Gasteiger charge is -2.30. The highest BCUT2D eigenvalue weighted by Crippen LogP contribution is 2.17. The Hall–Kier alpha value is -3.61. The maximum atomic E-state index is 13.3. The minimum absolute atomic E-state index is 0.101. The molecule has 0 fully saturated rings. The Morgan fingerprint density at radius 1 is 1.00 bits per heavy atom. The zero-order chi connectivity index (χ0) is 24.0. The molecule has 1 heterocycles. The number of halogens is 1. The molecule has 3 rings (SSSR count). The lowest BCUT2D eigenvalue weighted by atomic mass is 10.1. The Morgan fingerprint density at radius 3 is 2.33 bits per heavy atom. The molecule has 1 aromatic heterocycles. The van der Waals surface area contributed by atoms with E-state index >= 15 is 0 Å². The molecule has 3 aromatic rings. The number of anilines is 1. The number of rotatable bonds is 8. The minimum Gasteiger partial charge on any atom is -0.467 e. The zero-order valence-electron chi connectivity index (χ0n) is 19.5. The second-order valence-electron chi connectivity index (χ2n) is 8.41. The summed E-state index contributed by atoms with van der Waals surface area (Å²) < 4.78 is 18.7. The summed E-state index contributed by atoms with van der Waals surface area (Å²) in [6.07, 6.45) is 1.55. The largest absolute Gasteiger partial charge is 0.467 e. The van der Waals surface area contributed by atoms with Crippen molar-refractivity contribution in [3.8, 4) is 0 Å². The van der Waals surface area contributed by atoms with Crippen molar-refractivity contribution < 1.29 is 18.4 Å². The summed E-state index contributed by atoms with van der Waals surface area (Å²) in [4.78, 5) is 29.4. The number of nitrogens with zero attached hydrogens (tertiary/aromatic N) is 2. The van der Waals surface area contributed by atoms with Crippen LogP contribution in [-0.4, -0.2) is 34.3 Å². The molecule has 0 aliphatic heterocycles. The summed E-state index contributed by atoms with van der Waals surface area (Å²) in [5, 5.41) is 2.89. The van der Waals surface area contributed by atoms with Gasteiger partial charge in [0.05, 0.1) is 12.8 Å². The highest BCUT2D eigenvalue weighted by molar-refractivity contribution is 5.92. The molecule has 0 spiro atoms. The third-order valence-electron chi connectivity index (χ3n) is 5.51. The number of aryl methyl sites for hydroxylation is 2. The first-order valence-corrected chi connectivity index (χ1v) is 10.9. The van der Waals surface area contributed by atoms with Gasteiger partial charge in [-0.15, -0.1) is 0 Å². The molecule has 6 nitrogen and oxygen atoms in total. The Kier molecular flexibility index (Phi) is 7.87. The van der Waals surface area contributed by atoms with Gasteiger partial charge in [-0.05, 0) is 80.8 Å². The van der Waals surface area contributed by atoms with Crippen molar-refractivity contribution in [2.24, 2.45) is 0 Å². The second-order valence-corrected chi connectivity index (χ2v) is 8.41. The number of carbonyl (C=O) groups is 2. The average molecular weight is 452 g/mol. The number of furan rings is 1. The molecule has 2 aromatic carbocycles. The predicted molar refractivity (Wildman–Crippen MR) is 126 cm³/mol. The van der Waals surface area contributed by atoms with E-state index in [9.17, 15) is 14.0 Å². The van der Waals surface area contributed by atoms with Gasteiger partial charge in [0.25, 0.3) is 0 Å². The van der Waals surface area contributed by atoms with Crippen molar-refractivity contribution in [2.75, 3.05) is 11.9 Å². The molecule has 174 valence electrons. The van der Waals surface area contributed by atoms with Crippen LogP contribution >= 0.6 is 0 Å². The molecule has 33 heavy (non-hydrogen) atoms. The molecule has 0 radical (unpaired) electrons. The molecule has 3 amide bonds. The van der Waals surface area contributed by atoms with E-state index in [0.717, 1.165) is 16.7 Å². The number of hydrogen-bond acceptors (Lipinski definition) is 3. The number of carbonyl (C=O) groups excluding carboxylic acids is 2. The monoisotopic (exact) mass is 451 g/mol. The number of nitrogens with one attached hydrogen (secondary N) is 1. The van der Waals surface area contributed by atoms with E-state index in [4.69, 9.17) is 4.42 Å². The van der Waals surface area contributed by atoms with E-state index in [1.807, 2.05) is 45.9 Å². The highest BCUT2D eigenvalue weighted by Gasteiger charge is 2.24. The summed E-state index contributed by atoms with van der Waals surface area (Å²) in [6, 6.07) is 14.7. The lowest BCUT2D eigenvalue weighted by Crippen LogP contribution is -2.47. The summed E-state index contributed by atoms with van der Waals surface area (Å²) in [7, 11) is 0. The SMILES string of the molecule is Cc1ccc(NC(=O)N(CC(=O)N(Cc2ccc(F)cc2)Cc2ccco2)C(C)C)cc1C. The van der Waals surface area contributed by atoms with E-state index in [1.165, 1.54) is 17.0 Å². The molecule has 0 bridgehead atoms. The van der Waals surface area contributed by atoms with Gasteiger partial charge in [0.1, 0.15) is 18.1 Å². The fourth-order valence-corrected chi connectivity index (χ4v) is 3.38. The van der Waals surface area contributed by atoms with Crippen LogP contribution in [0.25, 0.3) is 0 Å². The number of urea groups is 1. The van der Waals surface area contributed by atoms with Crippen LogP contribution in [0.5, 0.6) is 0 Å². The molecular weight excluding hydrogens is 421 g/mol. The minimum atomic E-state index is -0.346. The first-order chi connectivity index (χ1) is 15.7. The Labute approximate surface area is 194 Å². The van der Waals surface area contributed by atoms with E-state index in [0.29, 0.717) is 11.4 Å². The van der Waals surface area contributed by atoms with Gasteiger partial charge in [-0.25, -0.2) is 9.18 Å². The van der Waals surface area contributed by atoms with E-state index in [2.05, 4.69) is 5.32 Å². The molecular formula is C26H30FN3O3. The van der Waals surface area contributed by atoms with Crippen LogP contribution < -0.4 is 5.32 Å². The van der Waals surface area contributed by atoms with Crippen LogP contribution in [0.4, 0.5) is 14.9 Å². The third-order valence-corrected chi connectivity index (χ3v) is 5.51. The number of hydrogen-bond donors (Lipinski definition) is 1. The van der Waals surface area contributed by atoms with Gasteiger partial charge in [0.15, 0.2) is 0 Å². The molecule has 0 saturated heterocycles. The van der Waals surface area contributed by atoms with Crippen LogP contribution in [0.1, 0.15) is 36.3 Å². The Bertz CT molecular complexity index is 1080. The van der Waals surface area contributed by atoms with Gasteiger partial charge in [0.2, 0.25) is 5.91 Å². The van der Waals surface area contributed by atoms with Crippen molar-refractivity contribution in [1.82, 2.24) is 9.80 Å². The van der Waals surface area contributed by atoms with Crippen LogP contribution in [0, 0.1) is 19.7 Å². The third kappa shape index (κ3) is 6.68. The fraction of sp³-hybridized carbons (Fsp3) is 0.308. The molecule has 0 aliphatic carbocycles. The van der Waals surface area contributed by atoms with Crippen molar-refractivity contribution >= 4 is 17.6 Å². The van der Waals surface area contributed by atoms with Crippen molar-refractivity contribution in [1.29, 1.82) is 0 Å². The van der Waals surface area contributed by atoms with E-state index < -0.39 is 0 Å². The van der Waals surface area contributed by atoms with Gasteiger partial charge in [-0.3, -0.25) is 4.79 Å². The van der Waals surface area contributed by atoms with E-state index in [1.54, 1.807) is 35.4 Å². The van der Waals surface area contributed by atoms with Crippen molar-refractivity contribution in [3.63, 3.8) is 0 Å². The molecule has 0 unspecified atom stereocenters. The normalized spacial score (nSPS) is 10.8. The Morgan fingerprint density at radius 2 is 1.73 bits per heavy atom. The fourth-order valence-electron chi connectivity index (χ4n) is 3.38. The topological polar surface area (TPSA) is 65.8 Å². The average Bonchev–Trinajstić information content (AvgIpc) is 3.28. The van der Waals surface area contributed by atoms with Crippen LogP contribution in [0.2, 0.25) is 0 Å². The number of amides is 3. The zero-order valence-corrected chi connectivity index (χ0v) is 19.5. The smallest absolute Gasteiger partial charge is 0.322 e. The van der Waals surface area contributed by atoms with Gasteiger partial charge in [-0.2, -0.15) is 0 Å². The first kappa shape index (κ1) is 24.0. The van der Waals surface area contributed by atoms with Gasteiger partial charge >= 0.3 is 6.03 Å². The summed E-state index contributed by atoms with van der Waals surface area (Å²) in [5.74, 6) is 0.0532.